The van der Waals surface area contributed by atoms with Gasteiger partial charge in [-0.2, -0.15) is 0 Å². The zero-order valence-electron chi connectivity index (χ0n) is 16.7. The van der Waals surface area contributed by atoms with Gasteiger partial charge in [-0.05, 0) is 55.9 Å². The van der Waals surface area contributed by atoms with Crippen LogP contribution in [0.1, 0.15) is 35.7 Å². The van der Waals surface area contributed by atoms with Crippen molar-refractivity contribution in [3.05, 3.63) is 59.7 Å². The van der Waals surface area contributed by atoms with Gasteiger partial charge in [-0.1, -0.05) is 30.3 Å². The molecule has 6 nitrogen and oxygen atoms in total. The molecule has 1 N–H and O–H groups in total. The summed E-state index contributed by atoms with van der Waals surface area (Å²) >= 11 is 0. The van der Waals surface area contributed by atoms with Crippen molar-refractivity contribution in [1.82, 2.24) is 4.90 Å². The van der Waals surface area contributed by atoms with Crippen LogP contribution >= 0.6 is 0 Å². The maximum Gasteiger partial charge on any atom is 0.335 e. The van der Waals surface area contributed by atoms with Gasteiger partial charge >= 0.3 is 5.97 Å². The summed E-state index contributed by atoms with van der Waals surface area (Å²) < 4.78 is 11.2. The molecule has 1 heterocycles. The van der Waals surface area contributed by atoms with Crippen LogP contribution in [-0.2, 0) is 11.2 Å². The van der Waals surface area contributed by atoms with Crippen LogP contribution in [0.4, 0.5) is 0 Å². The molecule has 0 spiro atoms. The molecule has 0 unspecified atom stereocenters. The van der Waals surface area contributed by atoms with Gasteiger partial charge in [-0.15, -0.1) is 0 Å². The summed E-state index contributed by atoms with van der Waals surface area (Å²) in [7, 11) is 0. The van der Waals surface area contributed by atoms with E-state index in [4.69, 9.17) is 9.47 Å². The lowest BCUT2D eigenvalue weighted by atomic mass is 9.88. The van der Waals surface area contributed by atoms with Crippen LogP contribution < -0.4 is 9.47 Å². The minimum atomic E-state index is -0.891. The molecule has 1 aliphatic heterocycles. The van der Waals surface area contributed by atoms with Crippen LogP contribution in [0, 0.1) is 5.92 Å². The molecule has 2 aromatic carbocycles. The van der Waals surface area contributed by atoms with Gasteiger partial charge in [-0.25, -0.2) is 4.79 Å². The van der Waals surface area contributed by atoms with Crippen molar-refractivity contribution in [3.8, 4) is 11.5 Å². The van der Waals surface area contributed by atoms with Crippen molar-refractivity contribution in [1.29, 1.82) is 0 Å². The summed E-state index contributed by atoms with van der Waals surface area (Å²) in [5.74, 6) is 0.652. The number of carbonyl (C=O) groups is 2. The second-order valence-electron chi connectivity index (χ2n) is 7.16. The molecule has 1 saturated heterocycles. The van der Waals surface area contributed by atoms with Crippen molar-refractivity contribution >= 4 is 11.9 Å². The lowest BCUT2D eigenvalue weighted by Gasteiger charge is -2.32. The fourth-order valence-corrected chi connectivity index (χ4v) is 3.68. The standard InChI is InChI=1S/C23H27NO5/c1-2-28-20-9-5-6-10-21(20)29-16-22(25)24-13-11-17(12-14-24)15-18-7-3-4-8-19(18)23(26)27/h3-10,17H,2,11-16H2,1H3,(H,26,27). The maximum atomic E-state index is 12.5. The molecule has 0 bridgehead atoms. The third-order valence-corrected chi connectivity index (χ3v) is 5.22. The van der Waals surface area contributed by atoms with Gasteiger partial charge in [0.15, 0.2) is 18.1 Å². The quantitative estimate of drug-likeness (QED) is 0.736. The van der Waals surface area contributed by atoms with E-state index in [1.807, 2.05) is 42.2 Å². The van der Waals surface area contributed by atoms with Crippen LogP contribution in [0.3, 0.4) is 0 Å². The number of benzene rings is 2. The van der Waals surface area contributed by atoms with Gasteiger partial charge < -0.3 is 19.5 Å². The molecule has 0 radical (unpaired) electrons. The predicted octanol–water partition coefficient (Wildman–Crippen LogP) is 3.64. The summed E-state index contributed by atoms with van der Waals surface area (Å²) in [4.78, 5) is 25.7. The van der Waals surface area contributed by atoms with Crippen molar-refractivity contribution in [2.45, 2.75) is 26.2 Å². The molecule has 3 rings (SSSR count). The Hall–Kier alpha value is -3.02. The molecule has 0 atom stereocenters. The van der Waals surface area contributed by atoms with Crippen molar-refractivity contribution in [2.75, 3.05) is 26.3 Å². The molecular formula is C23H27NO5. The average Bonchev–Trinajstić information content (AvgIpc) is 2.74. The highest BCUT2D eigenvalue weighted by Crippen LogP contribution is 2.27. The predicted molar refractivity (Wildman–Crippen MR) is 110 cm³/mol. The smallest absolute Gasteiger partial charge is 0.335 e. The Bertz CT molecular complexity index is 843. The normalized spacial score (nSPS) is 14.4. The zero-order valence-corrected chi connectivity index (χ0v) is 16.7. The van der Waals surface area contributed by atoms with E-state index in [1.165, 1.54) is 0 Å². The third-order valence-electron chi connectivity index (χ3n) is 5.22. The summed E-state index contributed by atoms with van der Waals surface area (Å²) in [6.45, 7) is 3.74. The molecule has 2 aromatic rings. The van der Waals surface area contributed by atoms with Gasteiger partial charge in [0.25, 0.3) is 5.91 Å². The Morgan fingerprint density at radius 3 is 2.28 bits per heavy atom. The number of hydrogen-bond donors (Lipinski definition) is 1. The van der Waals surface area contributed by atoms with E-state index < -0.39 is 5.97 Å². The number of amides is 1. The van der Waals surface area contributed by atoms with E-state index in [0.29, 0.717) is 42.7 Å². The highest BCUT2D eigenvalue weighted by atomic mass is 16.5. The van der Waals surface area contributed by atoms with E-state index in [1.54, 1.807) is 18.2 Å². The van der Waals surface area contributed by atoms with Crippen molar-refractivity contribution in [2.24, 2.45) is 5.92 Å². The number of likely N-dealkylation sites (tertiary alicyclic amines) is 1. The lowest BCUT2D eigenvalue weighted by molar-refractivity contribution is -0.134. The summed E-state index contributed by atoms with van der Waals surface area (Å²) in [6.07, 6.45) is 2.44. The topological polar surface area (TPSA) is 76.1 Å². The number of hydrogen-bond acceptors (Lipinski definition) is 4. The van der Waals surface area contributed by atoms with Crippen LogP contribution in [0.25, 0.3) is 0 Å². The monoisotopic (exact) mass is 397 g/mol. The van der Waals surface area contributed by atoms with Gasteiger partial charge in [0, 0.05) is 13.1 Å². The number of ether oxygens (including phenoxy) is 2. The Labute approximate surface area is 171 Å². The van der Waals surface area contributed by atoms with E-state index in [-0.39, 0.29) is 12.5 Å². The van der Waals surface area contributed by atoms with Crippen LogP contribution in [0.15, 0.2) is 48.5 Å². The van der Waals surface area contributed by atoms with Gasteiger partial charge in [0.2, 0.25) is 0 Å². The Kier molecular flexibility index (Phi) is 7.11. The number of carboxylic acid groups (broad SMARTS) is 1. The summed E-state index contributed by atoms with van der Waals surface area (Å²) in [5, 5.41) is 9.34. The Balaban J connectivity index is 1.49. The Morgan fingerprint density at radius 2 is 1.62 bits per heavy atom. The lowest BCUT2D eigenvalue weighted by Crippen LogP contribution is -2.41. The van der Waals surface area contributed by atoms with E-state index in [0.717, 1.165) is 24.8 Å². The zero-order chi connectivity index (χ0) is 20.6. The first-order chi connectivity index (χ1) is 14.1. The number of piperidine rings is 1. The van der Waals surface area contributed by atoms with Crippen LogP contribution in [0.5, 0.6) is 11.5 Å². The fourth-order valence-electron chi connectivity index (χ4n) is 3.68. The molecule has 6 heteroatoms. The SMILES string of the molecule is CCOc1ccccc1OCC(=O)N1CCC(Cc2ccccc2C(=O)O)CC1. The molecule has 154 valence electrons. The fraction of sp³-hybridized carbons (Fsp3) is 0.391. The van der Waals surface area contributed by atoms with Crippen LogP contribution in [0.2, 0.25) is 0 Å². The van der Waals surface area contributed by atoms with E-state index in [2.05, 4.69) is 0 Å². The third kappa shape index (κ3) is 5.50. The second-order valence-corrected chi connectivity index (χ2v) is 7.16. The van der Waals surface area contributed by atoms with Crippen LogP contribution in [-0.4, -0.2) is 48.2 Å². The van der Waals surface area contributed by atoms with Gasteiger partial charge in [-0.3, -0.25) is 4.79 Å². The van der Waals surface area contributed by atoms with Crippen molar-refractivity contribution in [3.63, 3.8) is 0 Å². The first kappa shape index (κ1) is 20.7. The number of carbonyl (C=O) groups excluding carboxylic acids is 1. The largest absolute Gasteiger partial charge is 0.490 e. The molecule has 0 aromatic heterocycles. The van der Waals surface area contributed by atoms with Gasteiger partial charge in [0.1, 0.15) is 0 Å². The number of nitrogens with zero attached hydrogens (tertiary/aromatic N) is 1. The Morgan fingerprint density at radius 1 is 1.00 bits per heavy atom. The number of carboxylic acids is 1. The molecule has 0 aliphatic carbocycles. The van der Waals surface area contributed by atoms with E-state index in [9.17, 15) is 14.7 Å². The summed E-state index contributed by atoms with van der Waals surface area (Å²) in [6, 6.07) is 14.5. The highest BCUT2D eigenvalue weighted by Gasteiger charge is 2.24. The minimum absolute atomic E-state index is 0.0173. The molecular weight excluding hydrogens is 370 g/mol. The first-order valence-corrected chi connectivity index (χ1v) is 10.0. The first-order valence-electron chi connectivity index (χ1n) is 10.0. The average molecular weight is 397 g/mol. The van der Waals surface area contributed by atoms with Crippen molar-refractivity contribution < 1.29 is 24.2 Å². The van der Waals surface area contributed by atoms with E-state index >= 15 is 0 Å². The molecule has 1 amide bonds. The summed E-state index contributed by atoms with van der Waals surface area (Å²) in [5.41, 5.74) is 1.23. The maximum absolute atomic E-state index is 12.5. The van der Waals surface area contributed by atoms with Gasteiger partial charge in [0.05, 0.1) is 12.2 Å². The number of para-hydroxylation sites is 2. The second kappa shape index (κ2) is 9.96. The molecule has 1 aliphatic rings. The molecule has 1 fully saturated rings. The molecule has 0 saturated carbocycles. The number of aromatic carboxylic acids is 1. The molecule has 29 heavy (non-hydrogen) atoms. The highest BCUT2D eigenvalue weighted by molar-refractivity contribution is 5.89. The minimum Gasteiger partial charge on any atom is -0.490 e. The number of rotatable bonds is 8.